The molecular formula is C12H19N3. The Labute approximate surface area is 90.9 Å². The lowest BCUT2D eigenvalue weighted by molar-refractivity contribution is 0.372. The van der Waals surface area contributed by atoms with Gasteiger partial charge in [0.05, 0.1) is 6.33 Å². The van der Waals surface area contributed by atoms with Gasteiger partial charge in [-0.25, -0.2) is 4.98 Å². The lowest BCUT2D eigenvalue weighted by Gasteiger charge is -2.28. The summed E-state index contributed by atoms with van der Waals surface area (Å²) in [7, 11) is 0. The van der Waals surface area contributed by atoms with Crippen molar-refractivity contribution in [2.45, 2.75) is 38.6 Å². The lowest BCUT2D eigenvalue weighted by atomic mass is 9.98. The third-order valence-electron chi connectivity index (χ3n) is 4.16. The Morgan fingerprint density at radius 1 is 1.53 bits per heavy atom. The van der Waals surface area contributed by atoms with Crippen molar-refractivity contribution in [3.8, 4) is 0 Å². The highest BCUT2D eigenvalue weighted by atomic mass is 15.1. The van der Waals surface area contributed by atoms with Crippen LogP contribution in [-0.4, -0.2) is 22.6 Å². The molecule has 3 rings (SSSR count). The fraction of sp³-hybridized carbons (Fsp3) is 0.750. The molecular weight excluding hydrogens is 186 g/mol. The maximum atomic E-state index is 4.31. The Kier molecular flexibility index (Phi) is 2.09. The van der Waals surface area contributed by atoms with Gasteiger partial charge >= 0.3 is 0 Å². The van der Waals surface area contributed by atoms with Crippen LogP contribution in [0.5, 0.6) is 0 Å². The van der Waals surface area contributed by atoms with Gasteiger partial charge in [-0.15, -0.1) is 0 Å². The van der Waals surface area contributed by atoms with E-state index in [4.69, 9.17) is 0 Å². The highest BCUT2D eigenvalue weighted by molar-refractivity contribution is 5.12. The maximum Gasteiger partial charge on any atom is 0.0948 e. The first-order valence-corrected chi connectivity index (χ1v) is 6.04. The van der Waals surface area contributed by atoms with Crippen LogP contribution >= 0.6 is 0 Å². The molecule has 1 aromatic heterocycles. The largest absolute Gasteiger partial charge is 0.334 e. The van der Waals surface area contributed by atoms with Gasteiger partial charge in [-0.2, -0.15) is 0 Å². The van der Waals surface area contributed by atoms with E-state index in [-0.39, 0.29) is 0 Å². The summed E-state index contributed by atoms with van der Waals surface area (Å²) in [5, 5.41) is 3.33. The molecule has 0 atom stereocenters. The van der Waals surface area contributed by atoms with E-state index in [0.717, 1.165) is 13.1 Å². The van der Waals surface area contributed by atoms with Crippen molar-refractivity contribution in [2.24, 2.45) is 5.41 Å². The van der Waals surface area contributed by atoms with Crippen LogP contribution in [0.4, 0.5) is 0 Å². The molecule has 2 fully saturated rings. The van der Waals surface area contributed by atoms with Gasteiger partial charge < -0.3 is 9.88 Å². The standard InChI is InChI=1S/C12H19N3/c1-2-12(3-4-12)8-15-9-14-7-11(15)10-5-13-6-10/h7,9-10,13H,2-6,8H2,1H3. The molecule has 1 saturated carbocycles. The Balaban J connectivity index is 1.76. The van der Waals surface area contributed by atoms with Crippen molar-refractivity contribution < 1.29 is 0 Å². The molecule has 0 unspecified atom stereocenters. The molecule has 2 heterocycles. The monoisotopic (exact) mass is 205 g/mol. The molecule has 0 spiro atoms. The van der Waals surface area contributed by atoms with Gasteiger partial charge in [-0.3, -0.25) is 0 Å². The Bertz CT molecular complexity index is 348. The first kappa shape index (κ1) is 9.40. The first-order chi connectivity index (χ1) is 7.33. The molecule has 0 amide bonds. The molecule has 1 aliphatic heterocycles. The van der Waals surface area contributed by atoms with Gasteiger partial charge in [-0.1, -0.05) is 6.92 Å². The second-order valence-corrected chi connectivity index (χ2v) is 5.16. The second-order valence-electron chi connectivity index (χ2n) is 5.16. The number of nitrogens with one attached hydrogen (secondary N) is 1. The number of imidazole rings is 1. The van der Waals surface area contributed by atoms with E-state index in [1.807, 2.05) is 6.33 Å². The van der Waals surface area contributed by atoms with E-state index < -0.39 is 0 Å². The molecule has 0 bridgehead atoms. The van der Waals surface area contributed by atoms with Crippen LogP contribution in [-0.2, 0) is 6.54 Å². The molecule has 0 radical (unpaired) electrons. The van der Waals surface area contributed by atoms with Crippen LogP contribution in [0.3, 0.4) is 0 Å². The summed E-state index contributed by atoms with van der Waals surface area (Å²) in [6.07, 6.45) is 8.20. The van der Waals surface area contributed by atoms with Crippen molar-refractivity contribution in [1.29, 1.82) is 0 Å². The van der Waals surface area contributed by atoms with Gasteiger partial charge in [0, 0.05) is 37.4 Å². The highest BCUT2D eigenvalue weighted by Crippen LogP contribution is 2.50. The second kappa shape index (κ2) is 3.34. The van der Waals surface area contributed by atoms with Crippen molar-refractivity contribution in [2.75, 3.05) is 13.1 Å². The van der Waals surface area contributed by atoms with Crippen LogP contribution in [0.25, 0.3) is 0 Å². The predicted octanol–water partition coefficient (Wildman–Crippen LogP) is 1.76. The average Bonchev–Trinajstić information content (AvgIpc) is 2.80. The van der Waals surface area contributed by atoms with Gasteiger partial charge in [0.1, 0.15) is 0 Å². The summed E-state index contributed by atoms with van der Waals surface area (Å²) in [6, 6.07) is 0. The fourth-order valence-corrected chi connectivity index (χ4v) is 2.46. The topological polar surface area (TPSA) is 29.9 Å². The Hall–Kier alpha value is -0.830. The summed E-state index contributed by atoms with van der Waals surface area (Å²) in [5.41, 5.74) is 2.06. The van der Waals surface area contributed by atoms with Crippen LogP contribution in [0, 0.1) is 5.41 Å². The predicted molar refractivity (Wildman–Crippen MR) is 59.8 cm³/mol. The summed E-state index contributed by atoms with van der Waals surface area (Å²) < 4.78 is 2.39. The number of aromatic nitrogens is 2. The van der Waals surface area contributed by atoms with Gasteiger partial charge in [0.2, 0.25) is 0 Å². The third kappa shape index (κ3) is 1.59. The third-order valence-corrected chi connectivity index (χ3v) is 4.16. The summed E-state index contributed by atoms with van der Waals surface area (Å²) >= 11 is 0. The summed E-state index contributed by atoms with van der Waals surface area (Å²) in [4.78, 5) is 4.31. The summed E-state index contributed by atoms with van der Waals surface area (Å²) in [5.74, 6) is 0.708. The summed E-state index contributed by atoms with van der Waals surface area (Å²) in [6.45, 7) is 5.76. The molecule has 1 aliphatic carbocycles. The van der Waals surface area contributed by atoms with Crippen molar-refractivity contribution in [3.05, 3.63) is 18.2 Å². The molecule has 1 saturated heterocycles. The Morgan fingerprint density at radius 3 is 2.87 bits per heavy atom. The molecule has 3 heteroatoms. The zero-order valence-electron chi connectivity index (χ0n) is 9.37. The van der Waals surface area contributed by atoms with E-state index in [0.29, 0.717) is 11.3 Å². The van der Waals surface area contributed by atoms with E-state index in [2.05, 4.69) is 28.0 Å². The molecule has 0 aromatic carbocycles. The molecule has 15 heavy (non-hydrogen) atoms. The minimum absolute atomic E-state index is 0.618. The van der Waals surface area contributed by atoms with Crippen LogP contribution in [0.2, 0.25) is 0 Å². The smallest absolute Gasteiger partial charge is 0.0948 e. The Morgan fingerprint density at radius 2 is 2.33 bits per heavy atom. The van der Waals surface area contributed by atoms with Gasteiger partial charge in [-0.05, 0) is 24.7 Å². The minimum Gasteiger partial charge on any atom is -0.334 e. The maximum absolute atomic E-state index is 4.31. The lowest BCUT2D eigenvalue weighted by Crippen LogP contribution is -2.41. The molecule has 1 N–H and O–H groups in total. The van der Waals surface area contributed by atoms with Gasteiger partial charge in [0.25, 0.3) is 0 Å². The SMILES string of the molecule is CCC1(Cn2cncc2C2CNC2)CC1. The van der Waals surface area contributed by atoms with E-state index >= 15 is 0 Å². The van der Waals surface area contributed by atoms with Crippen molar-refractivity contribution in [1.82, 2.24) is 14.9 Å². The van der Waals surface area contributed by atoms with Crippen LogP contribution in [0.15, 0.2) is 12.5 Å². The number of rotatable bonds is 4. The van der Waals surface area contributed by atoms with Crippen molar-refractivity contribution in [3.63, 3.8) is 0 Å². The normalized spacial score (nSPS) is 23.8. The number of hydrogen-bond acceptors (Lipinski definition) is 2. The molecule has 1 aromatic rings. The highest BCUT2D eigenvalue weighted by Gasteiger charge is 2.41. The van der Waals surface area contributed by atoms with Crippen LogP contribution < -0.4 is 5.32 Å². The zero-order chi connectivity index (χ0) is 10.3. The number of hydrogen-bond donors (Lipinski definition) is 1. The molecule has 3 nitrogen and oxygen atoms in total. The average molecular weight is 205 g/mol. The van der Waals surface area contributed by atoms with Gasteiger partial charge in [0.15, 0.2) is 0 Å². The molecule has 2 aliphatic rings. The zero-order valence-corrected chi connectivity index (χ0v) is 9.37. The minimum atomic E-state index is 0.618. The number of nitrogens with zero attached hydrogens (tertiary/aromatic N) is 2. The van der Waals surface area contributed by atoms with E-state index in [9.17, 15) is 0 Å². The molecule has 82 valence electrons. The fourth-order valence-electron chi connectivity index (χ4n) is 2.46. The van der Waals surface area contributed by atoms with Crippen molar-refractivity contribution >= 4 is 0 Å². The van der Waals surface area contributed by atoms with E-state index in [1.54, 1.807) is 0 Å². The van der Waals surface area contributed by atoms with Crippen LogP contribution in [0.1, 0.15) is 37.8 Å². The van der Waals surface area contributed by atoms with E-state index in [1.165, 1.54) is 31.5 Å². The quantitative estimate of drug-likeness (QED) is 0.811. The first-order valence-electron chi connectivity index (χ1n) is 6.04.